The summed E-state index contributed by atoms with van der Waals surface area (Å²) < 4.78 is 13.1. The first-order valence-electron chi connectivity index (χ1n) is 5.88. The molecule has 0 spiro atoms. The van der Waals surface area contributed by atoms with E-state index in [-0.39, 0.29) is 17.6 Å². The standard InChI is InChI=1S/C14H17FN2O/c1-9(2)12(7-16)14(18)17-8-11-4-5-13(15)10(3)6-11/h4-6,9,12H,8H2,1-3H3,(H,17,18). The van der Waals surface area contributed by atoms with Gasteiger partial charge in [0, 0.05) is 6.54 Å². The molecule has 0 saturated carbocycles. The summed E-state index contributed by atoms with van der Waals surface area (Å²) in [6, 6.07) is 6.67. The maximum atomic E-state index is 13.1. The van der Waals surface area contributed by atoms with E-state index in [1.807, 2.05) is 19.9 Å². The number of nitrogens with zero attached hydrogens (tertiary/aromatic N) is 1. The lowest BCUT2D eigenvalue weighted by atomic mass is 9.96. The predicted octanol–water partition coefficient (Wildman–Crippen LogP) is 2.55. The molecular weight excluding hydrogens is 231 g/mol. The van der Waals surface area contributed by atoms with E-state index in [2.05, 4.69) is 5.32 Å². The van der Waals surface area contributed by atoms with E-state index in [0.717, 1.165) is 5.56 Å². The zero-order valence-electron chi connectivity index (χ0n) is 10.8. The molecule has 1 amide bonds. The molecule has 0 fully saturated rings. The zero-order valence-corrected chi connectivity index (χ0v) is 10.8. The number of amides is 1. The number of hydrogen-bond acceptors (Lipinski definition) is 2. The van der Waals surface area contributed by atoms with Gasteiger partial charge in [-0.3, -0.25) is 4.79 Å². The van der Waals surface area contributed by atoms with E-state index in [0.29, 0.717) is 12.1 Å². The Labute approximate surface area is 107 Å². The van der Waals surface area contributed by atoms with Crippen LogP contribution in [-0.2, 0) is 11.3 Å². The highest BCUT2D eigenvalue weighted by atomic mass is 19.1. The predicted molar refractivity (Wildman–Crippen MR) is 66.9 cm³/mol. The third kappa shape index (κ3) is 3.56. The molecule has 0 aliphatic carbocycles. The fourth-order valence-corrected chi connectivity index (χ4v) is 1.63. The van der Waals surface area contributed by atoms with Gasteiger partial charge in [-0.2, -0.15) is 5.26 Å². The van der Waals surface area contributed by atoms with Gasteiger partial charge in [0.25, 0.3) is 0 Å². The molecule has 0 aliphatic rings. The lowest BCUT2D eigenvalue weighted by molar-refractivity contribution is -0.124. The summed E-state index contributed by atoms with van der Waals surface area (Å²) in [5.41, 5.74) is 1.37. The van der Waals surface area contributed by atoms with Gasteiger partial charge >= 0.3 is 0 Å². The highest BCUT2D eigenvalue weighted by Gasteiger charge is 2.21. The van der Waals surface area contributed by atoms with Crippen LogP contribution in [-0.4, -0.2) is 5.91 Å². The van der Waals surface area contributed by atoms with E-state index in [4.69, 9.17) is 5.26 Å². The van der Waals surface area contributed by atoms with Gasteiger partial charge in [-0.25, -0.2) is 4.39 Å². The fraction of sp³-hybridized carbons (Fsp3) is 0.429. The molecule has 0 aliphatic heterocycles. The second kappa shape index (κ2) is 6.15. The van der Waals surface area contributed by atoms with E-state index >= 15 is 0 Å². The van der Waals surface area contributed by atoms with Crippen LogP contribution in [0.4, 0.5) is 4.39 Å². The van der Waals surface area contributed by atoms with Gasteiger partial charge in [0.15, 0.2) is 0 Å². The van der Waals surface area contributed by atoms with Gasteiger partial charge in [-0.05, 0) is 30.0 Å². The number of halogens is 1. The van der Waals surface area contributed by atoms with Crippen molar-refractivity contribution >= 4 is 5.91 Å². The number of carbonyl (C=O) groups is 1. The number of carbonyl (C=O) groups excluding carboxylic acids is 1. The summed E-state index contributed by atoms with van der Waals surface area (Å²) in [5, 5.41) is 11.6. The third-order valence-electron chi connectivity index (χ3n) is 2.78. The summed E-state index contributed by atoms with van der Waals surface area (Å²) in [5.74, 6) is -1.21. The molecule has 1 aromatic carbocycles. The second-order valence-electron chi connectivity index (χ2n) is 4.65. The Morgan fingerprint density at radius 2 is 2.17 bits per heavy atom. The fourth-order valence-electron chi connectivity index (χ4n) is 1.63. The first-order valence-corrected chi connectivity index (χ1v) is 5.88. The maximum absolute atomic E-state index is 13.1. The molecule has 4 heteroatoms. The van der Waals surface area contributed by atoms with Crippen LogP contribution in [0, 0.1) is 35.9 Å². The minimum atomic E-state index is -0.647. The summed E-state index contributed by atoms with van der Waals surface area (Å²) in [6.45, 7) is 5.64. The van der Waals surface area contributed by atoms with Gasteiger partial charge in [-0.15, -0.1) is 0 Å². The lowest BCUT2D eigenvalue weighted by Crippen LogP contribution is -2.32. The average molecular weight is 248 g/mol. The Morgan fingerprint density at radius 1 is 1.50 bits per heavy atom. The zero-order chi connectivity index (χ0) is 13.7. The molecule has 0 bridgehead atoms. The number of hydrogen-bond donors (Lipinski definition) is 1. The van der Waals surface area contributed by atoms with Gasteiger partial charge in [-0.1, -0.05) is 26.0 Å². The number of rotatable bonds is 4. The highest BCUT2D eigenvalue weighted by molar-refractivity contribution is 5.81. The van der Waals surface area contributed by atoms with Gasteiger partial charge in [0.1, 0.15) is 11.7 Å². The van der Waals surface area contributed by atoms with E-state index < -0.39 is 5.92 Å². The first kappa shape index (κ1) is 14.2. The number of nitriles is 1. The number of benzene rings is 1. The summed E-state index contributed by atoms with van der Waals surface area (Å²) in [4.78, 5) is 11.7. The van der Waals surface area contributed by atoms with Crippen LogP contribution < -0.4 is 5.32 Å². The smallest absolute Gasteiger partial charge is 0.237 e. The molecular formula is C14H17FN2O. The van der Waals surface area contributed by atoms with Crippen LogP contribution in [0.5, 0.6) is 0 Å². The highest BCUT2D eigenvalue weighted by Crippen LogP contribution is 2.11. The lowest BCUT2D eigenvalue weighted by Gasteiger charge is -2.13. The summed E-state index contributed by atoms with van der Waals surface area (Å²) in [6.07, 6.45) is 0. The molecule has 1 N–H and O–H groups in total. The molecule has 1 rings (SSSR count). The number of nitrogens with one attached hydrogen (secondary N) is 1. The average Bonchev–Trinajstić information content (AvgIpc) is 2.31. The molecule has 96 valence electrons. The van der Waals surface area contributed by atoms with Crippen molar-refractivity contribution in [2.75, 3.05) is 0 Å². The van der Waals surface area contributed by atoms with Crippen LogP contribution in [0.1, 0.15) is 25.0 Å². The van der Waals surface area contributed by atoms with Crippen molar-refractivity contribution in [1.29, 1.82) is 5.26 Å². The van der Waals surface area contributed by atoms with Crippen molar-refractivity contribution in [2.24, 2.45) is 11.8 Å². The van der Waals surface area contributed by atoms with Crippen molar-refractivity contribution in [1.82, 2.24) is 5.32 Å². The van der Waals surface area contributed by atoms with Crippen molar-refractivity contribution in [3.63, 3.8) is 0 Å². The van der Waals surface area contributed by atoms with Crippen molar-refractivity contribution in [3.05, 3.63) is 35.1 Å². The van der Waals surface area contributed by atoms with E-state index in [1.54, 1.807) is 19.1 Å². The van der Waals surface area contributed by atoms with Crippen LogP contribution in [0.2, 0.25) is 0 Å². The topological polar surface area (TPSA) is 52.9 Å². The summed E-state index contributed by atoms with van der Waals surface area (Å²) in [7, 11) is 0. The van der Waals surface area contributed by atoms with Crippen LogP contribution >= 0.6 is 0 Å². The molecule has 0 radical (unpaired) electrons. The number of aryl methyl sites for hydroxylation is 1. The first-order chi connectivity index (χ1) is 8.45. The quantitative estimate of drug-likeness (QED) is 0.890. The van der Waals surface area contributed by atoms with Crippen LogP contribution in [0.25, 0.3) is 0 Å². The van der Waals surface area contributed by atoms with Gasteiger partial charge in [0.05, 0.1) is 6.07 Å². The molecule has 3 nitrogen and oxygen atoms in total. The molecule has 18 heavy (non-hydrogen) atoms. The molecule has 0 aromatic heterocycles. The summed E-state index contributed by atoms with van der Waals surface area (Å²) >= 11 is 0. The monoisotopic (exact) mass is 248 g/mol. The van der Waals surface area contributed by atoms with Gasteiger partial charge < -0.3 is 5.32 Å². The van der Waals surface area contributed by atoms with E-state index in [9.17, 15) is 9.18 Å². The molecule has 1 atom stereocenters. The van der Waals surface area contributed by atoms with Crippen LogP contribution in [0.15, 0.2) is 18.2 Å². The molecule has 1 unspecified atom stereocenters. The van der Waals surface area contributed by atoms with Crippen molar-refractivity contribution in [3.8, 4) is 6.07 Å². The van der Waals surface area contributed by atoms with Gasteiger partial charge in [0.2, 0.25) is 5.91 Å². The largest absolute Gasteiger partial charge is 0.351 e. The minimum Gasteiger partial charge on any atom is -0.351 e. The van der Waals surface area contributed by atoms with Crippen molar-refractivity contribution in [2.45, 2.75) is 27.3 Å². The minimum absolute atomic E-state index is 0.0232. The Bertz CT molecular complexity index is 477. The Morgan fingerprint density at radius 3 is 2.67 bits per heavy atom. The maximum Gasteiger partial charge on any atom is 0.237 e. The van der Waals surface area contributed by atoms with E-state index in [1.165, 1.54) is 6.07 Å². The second-order valence-corrected chi connectivity index (χ2v) is 4.65. The van der Waals surface area contributed by atoms with Crippen LogP contribution in [0.3, 0.4) is 0 Å². The molecule has 0 saturated heterocycles. The Balaban J connectivity index is 2.63. The third-order valence-corrected chi connectivity index (χ3v) is 2.78. The Kier molecular flexibility index (Phi) is 4.85. The SMILES string of the molecule is Cc1cc(CNC(=O)C(C#N)C(C)C)ccc1F. The Hall–Kier alpha value is -1.89. The molecule has 1 aromatic rings. The van der Waals surface area contributed by atoms with Crippen molar-refractivity contribution < 1.29 is 9.18 Å². The normalized spacial score (nSPS) is 12.0. The molecule has 0 heterocycles.